The van der Waals surface area contributed by atoms with Crippen LogP contribution in [0.2, 0.25) is 5.02 Å². The van der Waals surface area contributed by atoms with E-state index in [1.807, 2.05) is 24.5 Å². The maximum atomic E-state index is 8.12. The van der Waals surface area contributed by atoms with E-state index in [0.717, 1.165) is 56.0 Å². The summed E-state index contributed by atoms with van der Waals surface area (Å²) in [5, 5.41) is 0.817. The van der Waals surface area contributed by atoms with Crippen molar-refractivity contribution in [2.75, 3.05) is 13.1 Å². The third-order valence-corrected chi connectivity index (χ3v) is 6.29. The topological polar surface area (TPSA) is 63.2 Å². The minimum Gasteiger partial charge on any atom is -0.297 e. The van der Waals surface area contributed by atoms with Crippen molar-refractivity contribution in [3.63, 3.8) is 0 Å². The van der Waals surface area contributed by atoms with E-state index in [-0.39, 0.29) is 6.15 Å². The van der Waals surface area contributed by atoms with Gasteiger partial charge in [0.05, 0.1) is 11.4 Å². The molecule has 162 valence electrons. The Kier molecular flexibility index (Phi) is 7.23. The average Bonchev–Trinajstić information content (AvgIpc) is 2.98. The van der Waals surface area contributed by atoms with Crippen LogP contribution in [0.15, 0.2) is 66.5 Å². The van der Waals surface area contributed by atoms with Gasteiger partial charge in [0.2, 0.25) is 0 Å². The summed E-state index contributed by atoms with van der Waals surface area (Å²) >= 11 is 6.33. The van der Waals surface area contributed by atoms with E-state index < -0.39 is 0 Å². The van der Waals surface area contributed by atoms with Crippen molar-refractivity contribution in [2.24, 2.45) is 0 Å². The molecule has 0 radical (unpaired) electrons. The Labute approximate surface area is 192 Å². The maximum Gasteiger partial charge on any atom is 0.373 e. The lowest BCUT2D eigenvalue weighted by Crippen LogP contribution is -2.31. The van der Waals surface area contributed by atoms with E-state index >= 15 is 0 Å². The number of nitrogens with zero attached hydrogens (tertiary/aromatic N) is 3. The lowest BCUT2D eigenvalue weighted by Gasteiger charge is -2.30. The van der Waals surface area contributed by atoms with Gasteiger partial charge in [0.15, 0.2) is 0 Å². The predicted octanol–water partition coefficient (Wildman–Crippen LogP) is 4.74. The Hall–Kier alpha value is -3.11. The molecule has 32 heavy (non-hydrogen) atoms. The van der Waals surface area contributed by atoms with Gasteiger partial charge in [-0.1, -0.05) is 35.4 Å². The summed E-state index contributed by atoms with van der Waals surface area (Å²) < 4.78 is 0. The predicted molar refractivity (Wildman–Crippen MR) is 123 cm³/mol. The number of benzene rings is 1. The molecule has 0 bridgehead atoms. The number of aromatic nitrogens is 2. The summed E-state index contributed by atoms with van der Waals surface area (Å²) in [6, 6.07) is 16.8. The van der Waals surface area contributed by atoms with Gasteiger partial charge in [0, 0.05) is 42.6 Å². The van der Waals surface area contributed by atoms with Crippen molar-refractivity contribution in [3.05, 3.63) is 99.6 Å². The molecule has 1 saturated heterocycles. The van der Waals surface area contributed by atoms with Gasteiger partial charge in [-0.05, 0) is 72.7 Å². The first kappa shape index (κ1) is 22.1. The molecule has 0 amide bonds. The quantitative estimate of drug-likeness (QED) is 0.570. The Balaban J connectivity index is 0.000000775. The number of piperidine rings is 1. The first-order chi connectivity index (χ1) is 15.7. The molecule has 3 heterocycles. The zero-order valence-corrected chi connectivity index (χ0v) is 18.5. The number of pyridine rings is 2. The number of rotatable bonds is 2. The summed E-state index contributed by atoms with van der Waals surface area (Å²) in [7, 11) is 0. The molecular weight excluding hydrogens is 422 g/mol. The summed E-state index contributed by atoms with van der Waals surface area (Å²) in [5.74, 6) is 0. The van der Waals surface area contributed by atoms with Gasteiger partial charge in [-0.2, -0.15) is 9.59 Å². The smallest absolute Gasteiger partial charge is 0.297 e. The van der Waals surface area contributed by atoms with Crippen LogP contribution in [0.3, 0.4) is 0 Å². The van der Waals surface area contributed by atoms with Crippen LogP contribution in [0.1, 0.15) is 40.9 Å². The second kappa shape index (κ2) is 10.5. The number of fused-ring (bicyclic) bond motifs is 2. The Morgan fingerprint density at radius 2 is 1.62 bits per heavy atom. The third kappa shape index (κ3) is 5.03. The molecular formula is C26H24ClN3O2. The van der Waals surface area contributed by atoms with E-state index in [4.69, 9.17) is 26.2 Å². The fraction of sp³-hybridized carbons (Fsp3) is 0.269. The number of carbonyl (C=O) groups excluding carboxylic acids is 2. The Morgan fingerprint density at radius 3 is 2.38 bits per heavy atom. The van der Waals surface area contributed by atoms with Gasteiger partial charge in [-0.15, -0.1) is 0 Å². The van der Waals surface area contributed by atoms with Crippen LogP contribution in [0, 0.1) is 0 Å². The molecule has 5 nitrogen and oxygen atoms in total. The van der Waals surface area contributed by atoms with Gasteiger partial charge in [0.1, 0.15) is 0 Å². The second-order valence-electron chi connectivity index (χ2n) is 7.97. The van der Waals surface area contributed by atoms with Gasteiger partial charge >= 0.3 is 6.15 Å². The summed E-state index contributed by atoms with van der Waals surface area (Å²) in [6.07, 6.45) is 8.22. The molecule has 3 aromatic rings. The molecule has 0 spiro atoms. The van der Waals surface area contributed by atoms with Crippen LogP contribution >= 0.6 is 11.6 Å². The normalized spacial score (nSPS) is 15.5. The molecule has 2 aromatic heterocycles. The highest BCUT2D eigenvalue weighted by atomic mass is 35.5. The molecule has 1 aliphatic carbocycles. The fourth-order valence-corrected chi connectivity index (χ4v) is 4.78. The van der Waals surface area contributed by atoms with E-state index in [1.165, 1.54) is 33.5 Å². The largest absolute Gasteiger partial charge is 0.373 e. The van der Waals surface area contributed by atoms with Gasteiger partial charge < -0.3 is 0 Å². The number of hydrogen-bond donors (Lipinski definition) is 0. The standard InChI is InChI=1S/C25H24ClN3.CO2/c26-21-8-9-23-20(16-21)7-6-19-4-3-13-28-25(19)24(23)18-10-14-29(15-11-18)17-22-5-1-2-12-27-22;2-1-3/h1-5,8-9,12-13,16H,6-7,10-11,14-15,17H2;. The number of hydrogen-bond acceptors (Lipinski definition) is 5. The number of halogens is 1. The van der Waals surface area contributed by atoms with Crippen molar-refractivity contribution in [2.45, 2.75) is 32.2 Å². The molecule has 6 heteroatoms. The van der Waals surface area contributed by atoms with Crippen molar-refractivity contribution < 1.29 is 9.59 Å². The minimum absolute atomic E-state index is 0.250. The highest BCUT2D eigenvalue weighted by molar-refractivity contribution is 6.30. The SMILES string of the molecule is Clc1ccc2c(c1)CCc1cccnc1C2=C1CCN(Cc2ccccn2)CC1.O=C=O. The molecule has 2 aliphatic rings. The second-order valence-corrected chi connectivity index (χ2v) is 8.41. The van der Waals surface area contributed by atoms with Crippen LogP contribution in [-0.2, 0) is 29.0 Å². The molecule has 1 aliphatic heterocycles. The molecule has 1 fully saturated rings. The van der Waals surface area contributed by atoms with Crippen LogP contribution in [0.25, 0.3) is 5.57 Å². The molecule has 1 aromatic carbocycles. The van der Waals surface area contributed by atoms with Crippen molar-refractivity contribution >= 4 is 23.3 Å². The molecule has 0 saturated carbocycles. The Morgan fingerprint density at radius 1 is 0.875 bits per heavy atom. The van der Waals surface area contributed by atoms with E-state index in [2.05, 4.69) is 46.3 Å². The van der Waals surface area contributed by atoms with E-state index in [9.17, 15) is 0 Å². The first-order valence-electron chi connectivity index (χ1n) is 10.8. The van der Waals surface area contributed by atoms with E-state index in [0.29, 0.717) is 0 Å². The van der Waals surface area contributed by atoms with Crippen molar-refractivity contribution in [1.82, 2.24) is 14.9 Å². The number of aryl methyl sites for hydroxylation is 2. The van der Waals surface area contributed by atoms with Crippen molar-refractivity contribution in [1.29, 1.82) is 0 Å². The van der Waals surface area contributed by atoms with E-state index in [1.54, 1.807) is 0 Å². The third-order valence-electron chi connectivity index (χ3n) is 6.05. The highest BCUT2D eigenvalue weighted by Gasteiger charge is 2.25. The summed E-state index contributed by atoms with van der Waals surface area (Å²) in [5.41, 5.74) is 9.19. The van der Waals surface area contributed by atoms with Gasteiger partial charge in [-0.25, -0.2) is 0 Å². The average molecular weight is 446 g/mol. The summed E-state index contributed by atoms with van der Waals surface area (Å²) in [6.45, 7) is 3.03. The van der Waals surface area contributed by atoms with Crippen LogP contribution in [-0.4, -0.2) is 34.1 Å². The van der Waals surface area contributed by atoms with Crippen LogP contribution < -0.4 is 0 Å². The minimum atomic E-state index is 0.250. The molecule has 0 atom stereocenters. The van der Waals surface area contributed by atoms with Gasteiger partial charge in [-0.3, -0.25) is 14.9 Å². The van der Waals surface area contributed by atoms with Crippen molar-refractivity contribution in [3.8, 4) is 0 Å². The number of likely N-dealkylation sites (tertiary alicyclic amines) is 1. The zero-order chi connectivity index (χ0) is 22.3. The fourth-order valence-electron chi connectivity index (χ4n) is 4.59. The molecule has 5 rings (SSSR count). The van der Waals surface area contributed by atoms with Crippen LogP contribution in [0.4, 0.5) is 0 Å². The lowest BCUT2D eigenvalue weighted by atomic mass is 9.88. The molecule has 0 unspecified atom stereocenters. The van der Waals surface area contributed by atoms with Crippen LogP contribution in [0.5, 0.6) is 0 Å². The summed E-state index contributed by atoms with van der Waals surface area (Å²) in [4.78, 5) is 28.1. The Bertz CT molecular complexity index is 1140. The highest BCUT2D eigenvalue weighted by Crippen LogP contribution is 2.38. The first-order valence-corrected chi connectivity index (χ1v) is 11.1. The molecule has 0 N–H and O–H groups in total. The monoisotopic (exact) mass is 445 g/mol. The maximum absolute atomic E-state index is 8.12. The zero-order valence-electron chi connectivity index (χ0n) is 17.8. The lowest BCUT2D eigenvalue weighted by molar-refractivity contribution is -0.191. The van der Waals surface area contributed by atoms with Gasteiger partial charge in [0.25, 0.3) is 0 Å².